The Morgan fingerprint density at radius 1 is 1.53 bits per heavy atom. The van der Waals surface area contributed by atoms with Crippen LogP contribution in [0.1, 0.15) is 18.9 Å². The number of phenolic OH excluding ortho intramolecular Hbond substituents is 1. The number of aromatic hydroxyl groups is 1. The third-order valence-electron chi connectivity index (χ3n) is 1.90. The molecule has 0 saturated carbocycles. The van der Waals surface area contributed by atoms with Crippen molar-refractivity contribution in [3.05, 3.63) is 23.8 Å². The van der Waals surface area contributed by atoms with Crippen LogP contribution in [0.25, 0.3) is 0 Å². The van der Waals surface area contributed by atoms with E-state index in [-0.39, 0.29) is 5.75 Å². The van der Waals surface area contributed by atoms with Crippen molar-refractivity contribution < 1.29 is 14.6 Å². The fourth-order valence-electron chi connectivity index (χ4n) is 1.06. The van der Waals surface area contributed by atoms with E-state index in [4.69, 9.17) is 4.74 Å². The van der Waals surface area contributed by atoms with Gasteiger partial charge in [0.15, 0.2) is 0 Å². The maximum Gasteiger partial charge on any atom is 0.412 e. The highest BCUT2D eigenvalue weighted by atomic mass is 16.6. The summed E-state index contributed by atoms with van der Waals surface area (Å²) in [5.41, 5.74) is 0.677. The number of phenols is 1. The van der Waals surface area contributed by atoms with Crippen LogP contribution in [-0.4, -0.2) is 17.7 Å². The molecular weight excluding hydrogens is 194 g/mol. The summed E-state index contributed by atoms with van der Waals surface area (Å²) in [5.74, 6) is 0.621. The van der Waals surface area contributed by atoms with Crippen molar-refractivity contribution in [1.29, 1.82) is 0 Å². The summed E-state index contributed by atoms with van der Waals surface area (Å²) in [7, 11) is 0. The molecule has 15 heavy (non-hydrogen) atoms. The van der Waals surface area contributed by atoms with Crippen molar-refractivity contribution in [2.24, 2.45) is 0 Å². The van der Waals surface area contributed by atoms with E-state index in [2.05, 4.69) is 5.32 Å². The average molecular weight is 209 g/mol. The molecule has 0 unspecified atom stereocenters. The molecule has 1 aromatic rings. The monoisotopic (exact) mass is 209 g/mol. The zero-order valence-electron chi connectivity index (χ0n) is 8.91. The van der Waals surface area contributed by atoms with Gasteiger partial charge in [-0.05, 0) is 37.1 Å². The average Bonchev–Trinajstić information content (AvgIpc) is 2.20. The quantitative estimate of drug-likeness (QED) is 0.802. The Labute approximate surface area is 88.9 Å². The number of hydrogen-bond donors (Lipinski definition) is 2. The Morgan fingerprint density at radius 2 is 2.27 bits per heavy atom. The highest BCUT2D eigenvalue weighted by Gasteiger charge is 2.04. The summed E-state index contributed by atoms with van der Waals surface area (Å²) in [4.78, 5) is 11.2. The Kier molecular flexibility index (Phi) is 3.97. The molecule has 0 aromatic heterocycles. The minimum atomic E-state index is -0.470. The highest BCUT2D eigenvalue weighted by Crippen LogP contribution is 2.21. The van der Waals surface area contributed by atoms with Gasteiger partial charge in [0.2, 0.25) is 0 Å². The lowest BCUT2D eigenvalue weighted by atomic mass is 10.2. The second kappa shape index (κ2) is 5.24. The van der Waals surface area contributed by atoms with Gasteiger partial charge in [-0.15, -0.1) is 0 Å². The third kappa shape index (κ3) is 3.50. The molecule has 0 fully saturated rings. The van der Waals surface area contributed by atoms with E-state index in [0.717, 1.165) is 6.42 Å². The summed E-state index contributed by atoms with van der Waals surface area (Å²) >= 11 is 0. The van der Waals surface area contributed by atoms with Gasteiger partial charge in [0.25, 0.3) is 0 Å². The number of hydrogen-bond acceptors (Lipinski definition) is 3. The molecule has 0 saturated heterocycles. The van der Waals surface area contributed by atoms with Gasteiger partial charge in [-0.2, -0.15) is 0 Å². The lowest BCUT2D eigenvalue weighted by molar-refractivity contribution is 0.200. The van der Waals surface area contributed by atoms with Crippen LogP contribution in [0.3, 0.4) is 0 Å². The standard InChI is InChI=1S/C11H15NO3/c1-3-6-12-11(14)15-9-4-5-10(13)8(2)7-9/h4-5,7,13H,3,6H2,1-2H3,(H,12,14). The summed E-state index contributed by atoms with van der Waals surface area (Å²) < 4.78 is 4.99. The number of rotatable bonds is 3. The third-order valence-corrected chi connectivity index (χ3v) is 1.90. The number of amides is 1. The van der Waals surface area contributed by atoms with Gasteiger partial charge >= 0.3 is 6.09 Å². The minimum Gasteiger partial charge on any atom is -0.508 e. The predicted molar refractivity (Wildman–Crippen MR) is 57.2 cm³/mol. The molecule has 4 heteroatoms. The first kappa shape index (κ1) is 11.4. The topological polar surface area (TPSA) is 58.6 Å². The van der Waals surface area contributed by atoms with E-state index >= 15 is 0 Å². The van der Waals surface area contributed by atoms with Crippen LogP contribution >= 0.6 is 0 Å². The van der Waals surface area contributed by atoms with Gasteiger partial charge < -0.3 is 15.2 Å². The van der Waals surface area contributed by atoms with Crippen LogP contribution in [0.15, 0.2) is 18.2 Å². The lowest BCUT2D eigenvalue weighted by Crippen LogP contribution is -2.27. The normalized spacial score (nSPS) is 9.73. The van der Waals surface area contributed by atoms with Crippen LogP contribution in [0.2, 0.25) is 0 Å². The van der Waals surface area contributed by atoms with Crippen molar-refractivity contribution in [2.75, 3.05) is 6.54 Å². The molecule has 0 aliphatic heterocycles. The summed E-state index contributed by atoms with van der Waals surface area (Å²) in [6.45, 7) is 4.30. The van der Waals surface area contributed by atoms with E-state index in [1.54, 1.807) is 19.1 Å². The number of aryl methyl sites for hydroxylation is 1. The summed E-state index contributed by atoms with van der Waals surface area (Å²) in [6.07, 6.45) is 0.394. The lowest BCUT2D eigenvalue weighted by Gasteiger charge is -2.06. The van der Waals surface area contributed by atoms with Gasteiger partial charge in [-0.25, -0.2) is 4.79 Å². The maximum atomic E-state index is 11.2. The summed E-state index contributed by atoms with van der Waals surface area (Å²) in [6, 6.07) is 4.66. The summed E-state index contributed by atoms with van der Waals surface area (Å²) in [5, 5.41) is 11.9. The second-order valence-corrected chi connectivity index (χ2v) is 3.26. The molecular formula is C11H15NO3. The molecule has 4 nitrogen and oxygen atoms in total. The first-order valence-electron chi connectivity index (χ1n) is 4.88. The van der Waals surface area contributed by atoms with Crippen molar-refractivity contribution in [3.8, 4) is 11.5 Å². The molecule has 0 radical (unpaired) electrons. The molecule has 1 rings (SSSR count). The molecule has 1 amide bonds. The van der Waals surface area contributed by atoms with E-state index in [1.165, 1.54) is 6.07 Å². The molecule has 0 atom stereocenters. The van der Waals surface area contributed by atoms with E-state index in [9.17, 15) is 9.90 Å². The van der Waals surface area contributed by atoms with Gasteiger partial charge in [0, 0.05) is 6.54 Å². The molecule has 0 aliphatic carbocycles. The SMILES string of the molecule is CCCNC(=O)Oc1ccc(O)c(C)c1. The number of benzene rings is 1. The van der Waals surface area contributed by atoms with E-state index < -0.39 is 6.09 Å². The Morgan fingerprint density at radius 3 is 2.87 bits per heavy atom. The zero-order valence-corrected chi connectivity index (χ0v) is 8.91. The van der Waals surface area contributed by atoms with Gasteiger partial charge in [0.1, 0.15) is 11.5 Å². The highest BCUT2D eigenvalue weighted by molar-refractivity contribution is 5.70. The number of carbonyl (C=O) groups is 1. The maximum absolute atomic E-state index is 11.2. The molecule has 82 valence electrons. The molecule has 0 heterocycles. The molecule has 0 aliphatic rings. The molecule has 2 N–H and O–H groups in total. The van der Waals surface area contributed by atoms with Crippen molar-refractivity contribution in [1.82, 2.24) is 5.32 Å². The van der Waals surface area contributed by atoms with E-state index in [1.807, 2.05) is 6.92 Å². The largest absolute Gasteiger partial charge is 0.508 e. The van der Waals surface area contributed by atoms with Crippen LogP contribution in [0, 0.1) is 6.92 Å². The number of ether oxygens (including phenoxy) is 1. The predicted octanol–water partition coefficient (Wildman–Crippen LogP) is 2.20. The Balaban J connectivity index is 2.57. The van der Waals surface area contributed by atoms with Crippen LogP contribution < -0.4 is 10.1 Å². The van der Waals surface area contributed by atoms with Crippen LogP contribution in [0.4, 0.5) is 4.79 Å². The fourth-order valence-corrected chi connectivity index (χ4v) is 1.06. The minimum absolute atomic E-state index is 0.191. The fraction of sp³-hybridized carbons (Fsp3) is 0.364. The molecule has 0 bridgehead atoms. The van der Waals surface area contributed by atoms with Crippen molar-refractivity contribution >= 4 is 6.09 Å². The molecule has 0 spiro atoms. The van der Waals surface area contributed by atoms with Crippen molar-refractivity contribution in [3.63, 3.8) is 0 Å². The van der Waals surface area contributed by atoms with Gasteiger partial charge in [-0.3, -0.25) is 0 Å². The van der Waals surface area contributed by atoms with Gasteiger partial charge in [0.05, 0.1) is 0 Å². The number of carbonyl (C=O) groups excluding carboxylic acids is 1. The van der Waals surface area contributed by atoms with Crippen molar-refractivity contribution in [2.45, 2.75) is 20.3 Å². The first-order valence-corrected chi connectivity index (χ1v) is 4.88. The number of nitrogens with one attached hydrogen (secondary N) is 1. The van der Waals surface area contributed by atoms with E-state index in [0.29, 0.717) is 17.9 Å². The zero-order chi connectivity index (χ0) is 11.3. The smallest absolute Gasteiger partial charge is 0.412 e. The Hall–Kier alpha value is -1.71. The first-order chi connectivity index (χ1) is 7.13. The second-order valence-electron chi connectivity index (χ2n) is 3.26. The van der Waals surface area contributed by atoms with Gasteiger partial charge in [-0.1, -0.05) is 6.92 Å². The Bertz CT molecular complexity index is 350. The van der Waals surface area contributed by atoms with Crippen LogP contribution in [0.5, 0.6) is 11.5 Å². The molecule has 1 aromatic carbocycles. The van der Waals surface area contributed by atoms with Crippen LogP contribution in [-0.2, 0) is 0 Å².